The van der Waals surface area contributed by atoms with E-state index in [0.29, 0.717) is 36.9 Å². The lowest BCUT2D eigenvalue weighted by atomic mass is 10.2. The van der Waals surface area contributed by atoms with E-state index < -0.39 is 10.0 Å². The Labute approximate surface area is 169 Å². The van der Waals surface area contributed by atoms with Gasteiger partial charge in [0.05, 0.1) is 30.3 Å². The first-order valence-electron chi connectivity index (χ1n) is 7.78. The molecule has 1 aromatic heterocycles. The molecule has 0 radical (unpaired) electrons. The number of carbonyl (C=O) groups is 1. The summed E-state index contributed by atoms with van der Waals surface area (Å²) in [6, 6.07) is 8.31. The number of hydrogen-bond acceptors (Lipinski definition) is 5. The van der Waals surface area contributed by atoms with Crippen LogP contribution in [-0.4, -0.2) is 44.9 Å². The van der Waals surface area contributed by atoms with Gasteiger partial charge >= 0.3 is 0 Å². The molecule has 26 heavy (non-hydrogen) atoms. The maximum absolute atomic E-state index is 12.6. The van der Waals surface area contributed by atoms with Gasteiger partial charge in [0, 0.05) is 22.4 Å². The van der Waals surface area contributed by atoms with E-state index >= 15 is 0 Å². The lowest BCUT2D eigenvalue weighted by Crippen LogP contribution is -2.40. The summed E-state index contributed by atoms with van der Waals surface area (Å²) in [5.74, 6) is -0.317. The Bertz CT molecular complexity index is 911. The average Bonchev–Trinajstić information content (AvgIpc) is 3.12. The van der Waals surface area contributed by atoms with E-state index in [1.165, 1.54) is 4.31 Å². The monoisotopic (exact) mass is 478 g/mol. The summed E-state index contributed by atoms with van der Waals surface area (Å²) < 4.78 is 32.9. The van der Waals surface area contributed by atoms with Crippen molar-refractivity contribution in [2.45, 2.75) is 10.8 Å². The third kappa shape index (κ3) is 4.47. The Kier molecular flexibility index (Phi) is 6.37. The highest BCUT2D eigenvalue weighted by atomic mass is 79.9. The van der Waals surface area contributed by atoms with Crippen LogP contribution in [0.15, 0.2) is 39.0 Å². The Morgan fingerprint density at radius 3 is 2.73 bits per heavy atom. The predicted octanol–water partition coefficient (Wildman–Crippen LogP) is 3.11. The van der Waals surface area contributed by atoms with Gasteiger partial charge in [-0.25, -0.2) is 8.42 Å². The van der Waals surface area contributed by atoms with Crippen LogP contribution in [-0.2, 0) is 21.3 Å². The van der Waals surface area contributed by atoms with Crippen molar-refractivity contribution in [3.63, 3.8) is 0 Å². The first kappa shape index (κ1) is 19.8. The van der Waals surface area contributed by atoms with Crippen LogP contribution >= 0.6 is 38.9 Å². The van der Waals surface area contributed by atoms with Crippen molar-refractivity contribution in [3.05, 3.63) is 50.3 Å². The van der Waals surface area contributed by atoms with Crippen LogP contribution in [0.1, 0.15) is 15.2 Å². The number of thiophene rings is 1. The number of sulfonamides is 1. The molecule has 2 heterocycles. The zero-order valence-corrected chi connectivity index (χ0v) is 17.5. The maximum atomic E-state index is 12.6. The largest absolute Gasteiger partial charge is 0.379 e. The number of morpholine rings is 1. The topological polar surface area (TPSA) is 75.7 Å². The molecule has 0 spiro atoms. The smallest absolute Gasteiger partial charge is 0.253 e. The number of nitrogens with one attached hydrogen (secondary N) is 1. The molecule has 0 unspecified atom stereocenters. The molecule has 1 aliphatic rings. The molecule has 3 rings (SSSR count). The molecule has 1 N–H and O–H groups in total. The average molecular weight is 480 g/mol. The molecule has 10 heteroatoms. The second kappa shape index (κ2) is 8.37. The standard InChI is InChI=1S/C16H16BrClN2O4S2/c17-11-1-3-14(18)13(9-11)16(21)19-10-12-2-4-15(25-12)26(22,23)20-5-7-24-8-6-20/h1-4,9H,5-8,10H2,(H,19,21). The zero-order chi connectivity index (χ0) is 18.7. The van der Waals surface area contributed by atoms with Crippen LogP contribution < -0.4 is 5.32 Å². The Morgan fingerprint density at radius 2 is 2.00 bits per heavy atom. The Morgan fingerprint density at radius 1 is 1.27 bits per heavy atom. The van der Waals surface area contributed by atoms with Crippen molar-refractivity contribution in [2.24, 2.45) is 0 Å². The lowest BCUT2D eigenvalue weighted by molar-refractivity contribution is 0.0731. The Balaban J connectivity index is 1.67. The fraction of sp³-hybridized carbons (Fsp3) is 0.312. The van der Waals surface area contributed by atoms with Gasteiger partial charge < -0.3 is 10.1 Å². The third-order valence-electron chi connectivity index (χ3n) is 3.80. The molecule has 0 atom stereocenters. The van der Waals surface area contributed by atoms with Gasteiger partial charge in [-0.05, 0) is 30.3 Å². The summed E-state index contributed by atoms with van der Waals surface area (Å²) in [5, 5.41) is 3.12. The van der Waals surface area contributed by atoms with E-state index in [-0.39, 0.29) is 16.7 Å². The number of hydrogen-bond donors (Lipinski definition) is 1. The van der Waals surface area contributed by atoms with Gasteiger partial charge in [0.15, 0.2) is 0 Å². The van der Waals surface area contributed by atoms with Crippen molar-refractivity contribution in [2.75, 3.05) is 26.3 Å². The molecule has 1 aliphatic heterocycles. The highest BCUT2D eigenvalue weighted by Gasteiger charge is 2.27. The normalized spacial score (nSPS) is 15.8. The lowest BCUT2D eigenvalue weighted by Gasteiger charge is -2.25. The summed E-state index contributed by atoms with van der Waals surface area (Å²) in [6.07, 6.45) is 0. The van der Waals surface area contributed by atoms with Gasteiger partial charge in [0.25, 0.3) is 15.9 Å². The fourth-order valence-corrected chi connectivity index (χ4v) is 5.86. The summed E-state index contributed by atoms with van der Waals surface area (Å²) in [6.45, 7) is 1.74. The van der Waals surface area contributed by atoms with Crippen LogP contribution in [0.5, 0.6) is 0 Å². The fourth-order valence-electron chi connectivity index (χ4n) is 2.44. The molecule has 0 saturated carbocycles. The molecule has 2 aromatic rings. The number of ether oxygens (including phenoxy) is 1. The predicted molar refractivity (Wildman–Crippen MR) is 104 cm³/mol. The van der Waals surface area contributed by atoms with Crippen LogP contribution in [0.2, 0.25) is 5.02 Å². The van der Waals surface area contributed by atoms with Crippen molar-refractivity contribution < 1.29 is 17.9 Å². The first-order chi connectivity index (χ1) is 12.4. The van der Waals surface area contributed by atoms with Crippen LogP contribution in [0.25, 0.3) is 0 Å². The summed E-state index contributed by atoms with van der Waals surface area (Å²) in [4.78, 5) is 13.0. The highest BCUT2D eigenvalue weighted by Crippen LogP contribution is 2.26. The molecule has 0 aliphatic carbocycles. The van der Waals surface area contributed by atoms with E-state index in [2.05, 4.69) is 21.2 Å². The number of rotatable bonds is 5. The maximum Gasteiger partial charge on any atom is 0.253 e. The molecular weight excluding hydrogens is 464 g/mol. The number of nitrogens with zero attached hydrogens (tertiary/aromatic N) is 1. The van der Waals surface area contributed by atoms with E-state index in [4.69, 9.17) is 16.3 Å². The van der Waals surface area contributed by atoms with Gasteiger partial charge in [0.2, 0.25) is 0 Å². The van der Waals surface area contributed by atoms with Crippen molar-refractivity contribution in [1.82, 2.24) is 9.62 Å². The van der Waals surface area contributed by atoms with E-state index in [1.807, 2.05) is 0 Å². The van der Waals surface area contributed by atoms with Gasteiger partial charge in [-0.15, -0.1) is 11.3 Å². The Hall–Kier alpha value is -0.970. The molecule has 1 aromatic carbocycles. The number of benzene rings is 1. The summed E-state index contributed by atoms with van der Waals surface area (Å²) in [5.41, 5.74) is 0.360. The molecule has 0 bridgehead atoms. The number of halogens is 2. The van der Waals surface area contributed by atoms with Crippen LogP contribution in [0.4, 0.5) is 0 Å². The first-order valence-corrected chi connectivity index (χ1v) is 11.2. The van der Waals surface area contributed by atoms with Crippen molar-refractivity contribution in [1.29, 1.82) is 0 Å². The minimum absolute atomic E-state index is 0.227. The quantitative estimate of drug-likeness (QED) is 0.715. The van der Waals surface area contributed by atoms with Crippen molar-refractivity contribution in [3.8, 4) is 0 Å². The number of amides is 1. The van der Waals surface area contributed by atoms with Gasteiger partial charge in [0.1, 0.15) is 4.21 Å². The molecule has 6 nitrogen and oxygen atoms in total. The van der Waals surface area contributed by atoms with Gasteiger partial charge in [-0.2, -0.15) is 4.31 Å². The van der Waals surface area contributed by atoms with Crippen molar-refractivity contribution >= 4 is 54.8 Å². The van der Waals surface area contributed by atoms with Crippen LogP contribution in [0.3, 0.4) is 0 Å². The minimum atomic E-state index is -3.51. The molecule has 1 amide bonds. The number of carbonyl (C=O) groups excluding carboxylic acids is 1. The molecular formula is C16H16BrClN2O4S2. The van der Waals surface area contributed by atoms with Gasteiger partial charge in [-0.3, -0.25) is 4.79 Å². The van der Waals surface area contributed by atoms with E-state index in [0.717, 1.165) is 20.7 Å². The zero-order valence-electron chi connectivity index (χ0n) is 13.6. The molecule has 1 saturated heterocycles. The van der Waals surface area contributed by atoms with E-state index in [9.17, 15) is 13.2 Å². The SMILES string of the molecule is O=C(NCc1ccc(S(=O)(=O)N2CCOCC2)s1)c1cc(Br)ccc1Cl. The molecule has 140 valence electrons. The van der Waals surface area contributed by atoms with E-state index in [1.54, 1.807) is 30.3 Å². The summed E-state index contributed by atoms with van der Waals surface area (Å²) in [7, 11) is -3.51. The minimum Gasteiger partial charge on any atom is -0.379 e. The molecule has 1 fully saturated rings. The second-order valence-electron chi connectivity index (χ2n) is 5.54. The van der Waals surface area contributed by atoms with Crippen LogP contribution in [0, 0.1) is 0 Å². The second-order valence-corrected chi connectivity index (χ2v) is 10.2. The highest BCUT2D eigenvalue weighted by molar-refractivity contribution is 9.10. The van der Waals surface area contributed by atoms with Gasteiger partial charge in [-0.1, -0.05) is 27.5 Å². The summed E-state index contributed by atoms with van der Waals surface area (Å²) >= 11 is 10.5. The third-order valence-corrected chi connectivity index (χ3v) is 8.07.